The molecule has 1 aliphatic heterocycles. The number of halogens is 1. The van der Waals surface area contributed by atoms with Crippen LogP contribution >= 0.6 is 11.6 Å². The van der Waals surface area contributed by atoms with E-state index in [1.807, 2.05) is 0 Å². The molecule has 1 fully saturated rings. The Bertz CT molecular complexity index is 644. The molecule has 0 N–H and O–H groups in total. The Labute approximate surface area is 150 Å². The first-order chi connectivity index (χ1) is 11.3. The monoisotopic (exact) mass is 375 g/mol. The Kier molecular flexibility index (Phi) is 6.88. The highest BCUT2D eigenvalue weighted by atomic mass is 35.5. The van der Waals surface area contributed by atoms with Crippen LogP contribution in [0.2, 0.25) is 5.02 Å². The second kappa shape index (κ2) is 8.49. The van der Waals surface area contributed by atoms with E-state index >= 15 is 0 Å². The summed E-state index contributed by atoms with van der Waals surface area (Å²) >= 11 is 5.97. The van der Waals surface area contributed by atoms with Crippen molar-refractivity contribution in [1.29, 1.82) is 0 Å². The number of methoxy groups -OCH3 is 1. The third-order valence-electron chi connectivity index (χ3n) is 4.15. The Morgan fingerprint density at radius 2 is 1.88 bits per heavy atom. The second-order valence-electron chi connectivity index (χ2n) is 6.20. The highest BCUT2D eigenvalue weighted by Gasteiger charge is 2.30. The van der Waals surface area contributed by atoms with E-state index in [2.05, 4.69) is 23.9 Å². The molecule has 0 aliphatic carbocycles. The van der Waals surface area contributed by atoms with Gasteiger partial charge in [0.15, 0.2) is 0 Å². The Morgan fingerprint density at radius 1 is 1.21 bits per heavy atom. The summed E-state index contributed by atoms with van der Waals surface area (Å²) in [7, 11) is 1.98. The molecule has 0 amide bonds. The molecule has 6 nitrogen and oxygen atoms in total. The topological polar surface area (TPSA) is 53.1 Å². The molecule has 0 aromatic heterocycles. The number of sulfonamides is 1. The molecule has 1 aromatic carbocycles. The zero-order valence-electron chi connectivity index (χ0n) is 14.5. The van der Waals surface area contributed by atoms with Crippen LogP contribution in [0.4, 0.5) is 0 Å². The highest BCUT2D eigenvalue weighted by Crippen LogP contribution is 2.30. The molecule has 0 spiro atoms. The summed E-state index contributed by atoms with van der Waals surface area (Å²) < 4.78 is 32.5. The minimum Gasteiger partial charge on any atom is -0.495 e. The van der Waals surface area contributed by atoms with Gasteiger partial charge in [0, 0.05) is 31.2 Å². The third kappa shape index (κ3) is 4.83. The number of ether oxygens (including phenoxy) is 1. The molecule has 0 bridgehead atoms. The van der Waals surface area contributed by atoms with E-state index in [0.717, 1.165) is 32.6 Å². The van der Waals surface area contributed by atoms with Gasteiger partial charge in [-0.05, 0) is 51.8 Å². The summed E-state index contributed by atoms with van der Waals surface area (Å²) in [6, 6.07) is 4.67. The first-order valence-electron chi connectivity index (χ1n) is 8.05. The molecular formula is C16H26ClN3O3S. The maximum atomic E-state index is 12.9. The van der Waals surface area contributed by atoms with Gasteiger partial charge >= 0.3 is 0 Å². The van der Waals surface area contributed by atoms with Gasteiger partial charge in [-0.3, -0.25) is 0 Å². The van der Waals surface area contributed by atoms with Gasteiger partial charge in [0.1, 0.15) is 10.6 Å². The smallest absolute Gasteiger partial charge is 0.246 e. The predicted octanol–water partition coefficient (Wildman–Crippen LogP) is 1.61. The number of hydrogen-bond donors (Lipinski definition) is 0. The number of hydrogen-bond acceptors (Lipinski definition) is 5. The molecule has 0 radical (unpaired) electrons. The molecule has 2 rings (SSSR count). The van der Waals surface area contributed by atoms with E-state index in [9.17, 15) is 8.42 Å². The van der Waals surface area contributed by atoms with Crippen LogP contribution in [0, 0.1) is 0 Å². The van der Waals surface area contributed by atoms with Crippen LogP contribution in [0.25, 0.3) is 0 Å². The zero-order chi connectivity index (χ0) is 17.7. The normalized spacial score (nSPS) is 17.4. The molecule has 24 heavy (non-hydrogen) atoms. The Hall–Kier alpha value is -0.860. The average Bonchev–Trinajstić information content (AvgIpc) is 2.55. The van der Waals surface area contributed by atoms with Crippen LogP contribution in [0.15, 0.2) is 23.1 Å². The lowest BCUT2D eigenvalue weighted by atomic mass is 10.3. The molecule has 1 saturated heterocycles. The molecule has 0 saturated carbocycles. The van der Waals surface area contributed by atoms with E-state index in [4.69, 9.17) is 16.3 Å². The van der Waals surface area contributed by atoms with Gasteiger partial charge in [-0.15, -0.1) is 0 Å². The summed E-state index contributed by atoms with van der Waals surface area (Å²) in [4.78, 5) is 4.61. The zero-order valence-corrected chi connectivity index (χ0v) is 16.1. The van der Waals surface area contributed by atoms with Crippen LogP contribution in [-0.4, -0.2) is 83.0 Å². The Morgan fingerprint density at radius 3 is 2.46 bits per heavy atom. The second-order valence-corrected chi connectivity index (χ2v) is 8.54. The van der Waals surface area contributed by atoms with Gasteiger partial charge in [-0.1, -0.05) is 11.6 Å². The third-order valence-corrected chi connectivity index (χ3v) is 6.31. The highest BCUT2D eigenvalue weighted by molar-refractivity contribution is 7.89. The van der Waals surface area contributed by atoms with E-state index in [1.165, 1.54) is 17.5 Å². The summed E-state index contributed by atoms with van der Waals surface area (Å²) in [6.45, 7) is 4.50. The Balaban J connectivity index is 2.01. The fraction of sp³-hybridized carbons (Fsp3) is 0.625. The lowest BCUT2D eigenvalue weighted by molar-refractivity contribution is 0.181. The van der Waals surface area contributed by atoms with E-state index in [0.29, 0.717) is 23.9 Å². The maximum Gasteiger partial charge on any atom is 0.246 e. The van der Waals surface area contributed by atoms with E-state index in [-0.39, 0.29) is 4.90 Å². The molecule has 136 valence electrons. The van der Waals surface area contributed by atoms with Crippen molar-refractivity contribution in [1.82, 2.24) is 14.1 Å². The van der Waals surface area contributed by atoms with E-state index in [1.54, 1.807) is 12.1 Å². The first kappa shape index (κ1) is 19.5. The SMILES string of the molecule is COc1ccc(Cl)cc1S(=O)(=O)N1CCN(CCCN(C)C)CC1. The van der Waals surface area contributed by atoms with Gasteiger partial charge < -0.3 is 14.5 Å². The largest absolute Gasteiger partial charge is 0.495 e. The van der Waals surface area contributed by atoms with Gasteiger partial charge in [-0.2, -0.15) is 4.31 Å². The van der Waals surface area contributed by atoms with Crippen molar-refractivity contribution in [3.05, 3.63) is 23.2 Å². The van der Waals surface area contributed by atoms with E-state index < -0.39 is 10.0 Å². The van der Waals surface area contributed by atoms with Gasteiger partial charge in [0.05, 0.1) is 7.11 Å². The van der Waals surface area contributed by atoms with Gasteiger partial charge in [-0.25, -0.2) is 8.42 Å². The molecule has 0 atom stereocenters. The van der Waals surface area contributed by atoms with Crippen molar-refractivity contribution in [2.75, 3.05) is 60.5 Å². The molecule has 1 heterocycles. The van der Waals surface area contributed by atoms with Crippen LogP contribution < -0.4 is 4.74 Å². The minimum absolute atomic E-state index is 0.138. The standard InChI is InChI=1S/C16H26ClN3O3S/c1-18(2)7-4-8-19-9-11-20(12-10-19)24(21,22)16-13-14(17)5-6-15(16)23-3/h5-6,13H,4,7-12H2,1-3H3. The number of benzene rings is 1. The molecule has 1 aliphatic rings. The summed E-state index contributed by atoms with van der Waals surface area (Å²) in [6.07, 6.45) is 1.09. The fourth-order valence-electron chi connectivity index (χ4n) is 2.80. The van der Waals surface area contributed by atoms with Crippen LogP contribution in [0.3, 0.4) is 0 Å². The van der Waals surface area contributed by atoms with Crippen LogP contribution in [-0.2, 0) is 10.0 Å². The number of rotatable bonds is 7. The van der Waals surface area contributed by atoms with Crippen molar-refractivity contribution < 1.29 is 13.2 Å². The maximum absolute atomic E-state index is 12.9. The quantitative estimate of drug-likeness (QED) is 0.724. The lowest BCUT2D eigenvalue weighted by Gasteiger charge is -2.34. The molecular weight excluding hydrogens is 350 g/mol. The summed E-state index contributed by atoms with van der Waals surface area (Å²) in [5.74, 6) is 0.327. The van der Waals surface area contributed by atoms with Gasteiger partial charge in [0.25, 0.3) is 0 Å². The van der Waals surface area contributed by atoms with Crippen LogP contribution in [0.1, 0.15) is 6.42 Å². The predicted molar refractivity (Wildman–Crippen MR) is 96.4 cm³/mol. The first-order valence-corrected chi connectivity index (χ1v) is 9.87. The van der Waals surface area contributed by atoms with Crippen molar-refractivity contribution in [3.8, 4) is 5.75 Å². The summed E-state index contributed by atoms with van der Waals surface area (Å²) in [5, 5.41) is 0.386. The minimum atomic E-state index is -3.60. The van der Waals surface area contributed by atoms with Crippen molar-refractivity contribution in [3.63, 3.8) is 0 Å². The molecule has 8 heteroatoms. The number of piperazine rings is 1. The lowest BCUT2D eigenvalue weighted by Crippen LogP contribution is -2.49. The average molecular weight is 376 g/mol. The van der Waals surface area contributed by atoms with Crippen molar-refractivity contribution >= 4 is 21.6 Å². The summed E-state index contributed by atoms with van der Waals surface area (Å²) in [5.41, 5.74) is 0. The van der Waals surface area contributed by atoms with Crippen molar-refractivity contribution in [2.45, 2.75) is 11.3 Å². The van der Waals surface area contributed by atoms with Gasteiger partial charge in [0.2, 0.25) is 10.0 Å². The molecule has 0 unspecified atom stereocenters. The van der Waals surface area contributed by atoms with Crippen molar-refractivity contribution in [2.24, 2.45) is 0 Å². The number of nitrogens with zero attached hydrogens (tertiary/aromatic N) is 3. The fourth-order valence-corrected chi connectivity index (χ4v) is 4.64. The van der Waals surface area contributed by atoms with Crippen LogP contribution in [0.5, 0.6) is 5.75 Å². The molecule has 1 aromatic rings.